The quantitative estimate of drug-likeness (QED) is 0.581. The SMILES string of the molecule is O=C(c1ccco1)N1CCN(C(=NCC2CCCCC2)NCCc2ccco2)CC1. The highest BCUT2D eigenvalue weighted by Crippen LogP contribution is 2.23. The Kier molecular flexibility index (Phi) is 7.11. The molecule has 2 aliphatic rings. The molecular formula is C23H32N4O3. The minimum Gasteiger partial charge on any atom is -0.469 e. The number of aliphatic imine (C=N–C) groups is 1. The summed E-state index contributed by atoms with van der Waals surface area (Å²) in [6.07, 6.45) is 10.7. The number of rotatable bonds is 6. The summed E-state index contributed by atoms with van der Waals surface area (Å²) in [7, 11) is 0. The molecule has 7 heteroatoms. The largest absolute Gasteiger partial charge is 0.469 e. The van der Waals surface area contributed by atoms with Crippen LogP contribution in [-0.2, 0) is 6.42 Å². The van der Waals surface area contributed by atoms with Gasteiger partial charge >= 0.3 is 0 Å². The molecule has 1 saturated heterocycles. The molecule has 30 heavy (non-hydrogen) atoms. The van der Waals surface area contributed by atoms with E-state index in [-0.39, 0.29) is 5.91 Å². The van der Waals surface area contributed by atoms with Gasteiger partial charge in [-0.05, 0) is 43.0 Å². The predicted octanol–water partition coefficient (Wildman–Crippen LogP) is 3.40. The molecule has 1 N–H and O–H groups in total. The van der Waals surface area contributed by atoms with Gasteiger partial charge < -0.3 is 24.0 Å². The van der Waals surface area contributed by atoms with Gasteiger partial charge in [-0.2, -0.15) is 0 Å². The summed E-state index contributed by atoms with van der Waals surface area (Å²) in [5.74, 6) is 3.00. The van der Waals surface area contributed by atoms with E-state index < -0.39 is 0 Å². The molecule has 2 aromatic heterocycles. The van der Waals surface area contributed by atoms with Crippen LogP contribution in [0.2, 0.25) is 0 Å². The van der Waals surface area contributed by atoms with Crippen molar-refractivity contribution in [2.45, 2.75) is 38.5 Å². The van der Waals surface area contributed by atoms with Crippen LogP contribution in [0.15, 0.2) is 50.6 Å². The van der Waals surface area contributed by atoms with Crippen molar-refractivity contribution in [2.24, 2.45) is 10.9 Å². The van der Waals surface area contributed by atoms with Crippen LogP contribution in [0, 0.1) is 5.92 Å². The molecule has 7 nitrogen and oxygen atoms in total. The van der Waals surface area contributed by atoms with Gasteiger partial charge in [0.2, 0.25) is 0 Å². The fraction of sp³-hybridized carbons (Fsp3) is 0.565. The van der Waals surface area contributed by atoms with Gasteiger partial charge in [0.15, 0.2) is 11.7 Å². The molecule has 1 amide bonds. The maximum atomic E-state index is 12.5. The van der Waals surface area contributed by atoms with Crippen LogP contribution in [0.1, 0.15) is 48.4 Å². The van der Waals surface area contributed by atoms with Crippen LogP contribution < -0.4 is 5.32 Å². The van der Waals surface area contributed by atoms with Gasteiger partial charge in [-0.15, -0.1) is 0 Å². The van der Waals surface area contributed by atoms with Gasteiger partial charge in [0, 0.05) is 45.7 Å². The lowest BCUT2D eigenvalue weighted by Crippen LogP contribution is -2.54. The van der Waals surface area contributed by atoms with E-state index in [9.17, 15) is 4.79 Å². The highest BCUT2D eigenvalue weighted by Gasteiger charge is 2.25. The molecule has 162 valence electrons. The van der Waals surface area contributed by atoms with E-state index in [1.54, 1.807) is 24.7 Å². The fourth-order valence-corrected chi connectivity index (χ4v) is 4.28. The van der Waals surface area contributed by atoms with Gasteiger partial charge in [-0.3, -0.25) is 9.79 Å². The minimum absolute atomic E-state index is 0.0360. The zero-order chi connectivity index (χ0) is 20.6. The van der Waals surface area contributed by atoms with Gasteiger partial charge in [0.05, 0.1) is 12.5 Å². The molecule has 0 atom stereocenters. The first-order chi connectivity index (χ1) is 14.8. The summed E-state index contributed by atoms with van der Waals surface area (Å²) < 4.78 is 10.7. The maximum absolute atomic E-state index is 12.5. The molecule has 0 bridgehead atoms. The molecule has 3 heterocycles. The highest BCUT2D eigenvalue weighted by atomic mass is 16.3. The lowest BCUT2D eigenvalue weighted by molar-refractivity contribution is 0.0657. The zero-order valence-electron chi connectivity index (χ0n) is 17.6. The second-order valence-electron chi connectivity index (χ2n) is 8.18. The minimum atomic E-state index is -0.0360. The van der Waals surface area contributed by atoms with Crippen LogP contribution in [0.25, 0.3) is 0 Å². The summed E-state index contributed by atoms with van der Waals surface area (Å²) in [5, 5.41) is 3.53. The molecule has 0 aromatic carbocycles. The third kappa shape index (κ3) is 5.46. The van der Waals surface area contributed by atoms with Crippen LogP contribution in [-0.4, -0.2) is 60.9 Å². The lowest BCUT2D eigenvalue weighted by atomic mass is 9.89. The summed E-state index contributed by atoms with van der Waals surface area (Å²) in [4.78, 5) is 21.7. The number of guanidine groups is 1. The summed E-state index contributed by atoms with van der Waals surface area (Å²) in [6.45, 7) is 4.54. The summed E-state index contributed by atoms with van der Waals surface area (Å²) in [6, 6.07) is 7.40. The van der Waals surface area contributed by atoms with Crippen LogP contribution in [0.5, 0.6) is 0 Å². The smallest absolute Gasteiger partial charge is 0.289 e. The van der Waals surface area contributed by atoms with Crippen LogP contribution >= 0.6 is 0 Å². The Labute approximate surface area is 178 Å². The molecule has 2 fully saturated rings. The molecule has 0 unspecified atom stereocenters. The molecule has 2 aromatic rings. The van der Waals surface area contributed by atoms with Crippen molar-refractivity contribution in [2.75, 3.05) is 39.3 Å². The van der Waals surface area contributed by atoms with Crippen molar-refractivity contribution in [1.82, 2.24) is 15.1 Å². The molecule has 1 aliphatic carbocycles. The Hall–Kier alpha value is -2.70. The second-order valence-corrected chi connectivity index (χ2v) is 8.18. The standard InChI is InChI=1S/C23H32N4O3/c28-22(21-9-5-17-30-21)26-12-14-27(15-13-26)23(24-11-10-20-8-4-16-29-20)25-18-19-6-2-1-3-7-19/h4-5,8-9,16-17,19H,1-3,6-7,10-15,18H2,(H,24,25). The monoisotopic (exact) mass is 412 g/mol. The number of hydrogen-bond donors (Lipinski definition) is 1. The Morgan fingerprint density at radius 2 is 1.73 bits per heavy atom. The molecule has 0 spiro atoms. The lowest BCUT2D eigenvalue weighted by Gasteiger charge is -2.36. The fourth-order valence-electron chi connectivity index (χ4n) is 4.28. The first-order valence-electron chi connectivity index (χ1n) is 11.2. The number of nitrogens with one attached hydrogen (secondary N) is 1. The first kappa shape index (κ1) is 20.6. The zero-order valence-corrected chi connectivity index (χ0v) is 17.6. The Morgan fingerprint density at radius 3 is 2.43 bits per heavy atom. The number of carbonyl (C=O) groups excluding carboxylic acids is 1. The average molecular weight is 413 g/mol. The van der Waals surface area contributed by atoms with Gasteiger partial charge in [-0.1, -0.05) is 19.3 Å². The number of amides is 1. The molecule has 4 rings (SSSR count). The number of hydrogen-bond acceptors (Lipinski definition) is 4. The molecular weight excluding hydrogens is 380 g/mol. The van der Waals surface area contributed by atoms with Crippen molar-refractivity contribution in [3.05, 3.63) is 48.3 Å². The Balaban J connectivity index is 1.34. The van der Waals surface area contributed by atoms with Crippen molar-refractivity contribution in [3.8, 4) is 0 Å². The van der Waals surface area contributed by atoms with Crippen molar-refractivity contribution < 1.29 is 13.6 Å². The van der Waals surface area contributed by atoms with Crippen molar-refractivity contribution in [3.63, 3.8) is 0 Å². The summed E-state index contributed by atoms with van der Waals surface area (Å²) >= 11 is 0. The van der Waals surface area contributed by atoms with E-state index in [0.29, 0.717) is 24.8 Å². The van der Waals surface area contributed by atoms with E-state index in [4.69, 9.17) is 13.8 Å². The topological polar surface area (TPSA) is 74.2 Å². The maximum Gasteiger partial charge on any atom is 0.289 e. The van der Waals surface area contributed by atoms with E-state index in [1.807, 2.05) is 17.0 Å². The summed E-state index contributed by atoms with van der Waals surface area (Å²) in [5.41, 5.74) is 0. The van der Waals surface area contributed by atoms with Gasteiger partial charge in [0.1, 0.15) is 5.76 Å². The van der Waals surface area contributed by atoms with Crippen LogP contribution in [0.4, 0.5) is 0 Å². The number of carbonyl (C=O) groups is 1. The van der Waals surface area contributed by atoms with E-state index in [2.05, 4.69) is 10.2 Å². The molecule has 0 radical (unpaired) electrons. The van der Waals surface area contributed by atoms with E-state index in [0.717, 1.165) is 44.3 Å². The normalized spacial score (nSPS) is 18.6. The molecule has 1 saturated carbocycles. The highest BCUT2D eigenvalue weighted by molar-refractivity contribution is 5.91. The Morgan fingerprint density at radius 1 is 1.00 bits per heavy atom. The van der Waals surface area contributed by atoms with Crippen molar-refractivity contribution in [1.29, 1.82) is 0 Å². The molecule has 1 aliphatic heterocycles. The van der Waals surface area contributed by atoms with E-state index in [1.165, 1.54) is 32.1 Å². The second kappa shape index (κ2) is 10.4. The number of nitrogens with zero attached hydrogens (tertiary/aromatic N) is 3. The first-order valence-corrected chi connectivity index (χ1v) is 11.2. The van der Waals surface area contributed by atoms with Gasteiger partial charge in [0.25, 0.3) is 5.91 Å². The van der Waals surface area contributed by atoms with Crippen LogP contribution in [0.3, 0.4) is 0 Å². The van der Waals surface area contributed by atoms with E-state index >= 15 is 0 Å². The average Bonchev–Trinajstić information content (AvgIpc) is 3.51. The Bertz CT molecular complexity index is 787. The number of piperazine rings is 1. The third-order valence-electron chi connectivity index (χ3n) is 6.06. The van der Waals surface area contributed by atoms with Gasteiger partial charge in [-0.25, -0.2) is 0 Å². The predicted molar refractivity (Wildman–Crippen MR) is 115 cm³/mol. The number of furan rings is 2. The third-order valence-corrected chi connectivity index (χ3v) is 6.06. The van der Waals surface area contributed by atoms with Crippen molar-refractivity contribution >= 4 is 11.9 Å².